The van der Waals surface area contributed by atoms with Gasteiger partial charge in [0.1, 0.15) is 0 Å². The molecule has 0 radical (unpaired) electrons. The van der Waals surface area contributed by atoms with Crippen LogP contribution in [0.3, 0.4) is 0 Å². The first-order chi connectivity index (χ1) is 21.6. The van der Waals surface area contributed by atoms with E-state index < -0.39 is 128 Å². The molecule has 10 N–H and O–H groups in total. The van der Waals surface area contributed by atoms with E-state index in [1.165, 1.54) is 0 Å². The van der Waals surface area contributed by atoms with Crippen molar-refractivity contribution >= 4 is 71.4 Å². The molecule has 0 saturated heterocycles. The summed E-state index contributed by atoms with van der Waals surface area (Å²) in [6, 6.07) is 0.537. The molecule has 0 aliphatic carbocycles. The predicted octanol–water partition coefficient (Wildman–Crippen LogP) is -7.56. The summed E-state index contributed by atoms with van der Waals surface area (Å²) >= 11 is 0. The number of hydrogen-bond donors (Lipinski definition) is 10. The molecule has 5 atom stereocenters. The quantitative estimate of drug-likeness (QED) is 0.0192. The van der Waals surface area contributed by atoms with Crippen molar-refractivity contribution in [3.05, 3.63) is 17.7 Å². The first-order valence-corrected chi connectivity index (χ1v) is 12.3. The fraction of sp³-hybridized carbons (Fsp3) is 0.417. The molecule has 1 aromatic rings. The van der Waals surface area contributed by atoms with Crippen LogP contribution in [0.4, 0.5) is 0 Å². The number of esters is 4. The van der Waals surface area contributed by atoms with E-state index in [0.717, 1.165) is 0 Å². The van der Waals surface area contributed by atoms with Crippen LogP contribution in [-0.2, 0) is 38.5 Å². The summed E-state index contributed by atoms with van der Waals surface area (Å²) in [5.41, 5.74) is -0.762. The third-order valence-corrected chi connectivity index (χ3v) is 4.83. The van der Waals surface area contributed by atoms with E-state index in [-0.39, 0.29) is 29.6 Å². The van der Waals surface area contributed by atoms with Crippen molar-refractivity contribution in [1.29, 1.82) is 0 Å². The van der Waals surface area contributed by atoms with Gasteiger partial charge in [0, 0.05) is 11.6 Å². The molecule has 0 amide bonds. The SMILES string of the molecule is O=C(C=Cc1cc(OC(=O)C(O)CO)c(OC(=O)C(O)CO)c(OC(=O)C(O)CO)c1OC(=O)C(O)CO)OOC(=O)C(O)CO.[NaH]. The van der Waals surface area contributed by atoms with E-state index in [0.29, 0.717) is 18.2 Å². The van der Waals surface area contributed by atoms with Crippen molar-refractivity contribution in [2.75, 3.05) is 33.0 Å². The van der Waals surface area contributed by atoms with E-state index in [1.807, 2.05) is 0 Å². The predicted molar refractivity (Wildman–Crippen MR) is 143 cm³/mol. The zero-order valence-corrected chi connectivity index (χ0v) is 23.0. The van der Waals surface area contributed by atoms with Crippen molar-refractivity contribution in [2.45, 2.75) is 30.5 Å². The molecule has 0 bridgehead atoms. The minimum atomic E-state index is -2.36. The first kappa shape index (κ1) is 43.4. The number of carbonyl (C=O) groups is 6. The summed E-state index contributed by atoms with van der Waals surface area (Å²) in [4.78, 5) is 81.0. The van der Waals surface area contributed by atoms with Crippen LogP contribution in [0.5, 0.6) is 23.0 Å². The van der Waals surface area contributed by atoms with Gasteiger partial charge in [0.15, 0.2) is 42.0 Å². The summed E-state index contributed by atoms with van der Waals surface area (Å²) in [6.07, 6.45) is -10.5. The van der Waals surface area contributed by atoms with Gasteiger partial charge in [-0.05, 0) is 12.1 Å². The molecule has 22 nitrogen and oxygen atoms in total. The average Bonchev–Trinajstić information content (AvgIpc) is 3.05. The normalized spacial score (nSPS) is 14.0. The Morgan fingerprint density at radius 1 is 0.532 bits per heavy atom. The van der Waals surface area contributed by atoms with Gasteiger partial charge in [0.05, 0.1) is 33.0 Å². The molecule has 0 aliphatic rings. The Morgan fingerprint density at radius 3 is 1.32 bits per heavy atom. The van der Waals surface area contributed by atoms with Crippen molar-refractivity contribution in [3.8, 4) is 23.0 Å². The molecule has 47 heavy (non-hydrogen) atoms. The van der Waals surface area contributed by atoms with Crippen LogP contribution < -0.4 is 18.9 Å². The van der Waals surface area contributed by atoms with Crippen LogP contribution in [0.2, 0.25) is 0 Å². The molecule has 0 fully saturated rings. The fourth-order valence-electron chi connectivity index (χ4n) is 2.49. The van der Waals surface area contributed by atoms with Crippen LogP contribution in [0.15, 0.2) is 12.1 Å². The van der Waals surface area contributed by atoms with Gasteiger partial charge in [-0.2, -0.15) is 0 Å². The average molecular weight is 692 g/mol. The van der Waals surface area contributed by atoms with Crippen LogP contribution in [0.25, 0.3) is 6.08 Å². The second-order valence-electron chi connectivity index (χ2n) is 8.27. The zero-order chi connectivity index (χ0) is 35.1. The molecule has 1 rings (SSSR count). The molecular weight excluding hydrogens is 663 g/mol. The molecule has 0 aromatic heterocycles. The van der Waals surface area contributed by atoms with E-state index in [2.05, 4.69) is 9.78 Å². The fourth-order valence-corrected chi connectivity index (χ4v) is 2.49. The third-order valence-electron chi connectivity index (χ3n) is 4.83. The third kappa shape index (κ3) is 13.2. The summed E-state index contributed by atoms with van der Waals surface area (Å²) in [7, 11) is 0. The summed E-state index contributed by atoms with van der Waals surface area (Å²) in [5, 5.41) is 93.1. The number of aliphatic hydroxyl groups is 10. The van der Waals surface area contributed by atoms with Gasteiger partial charge in [-0.15, -0.1) is 0 Å². The van der Waals surface area contributed by atoms with Crippen molar-refractivity contribution in [2.24, 2.45) is 0 Å². The molecule has 0 spiro atoms. The van der Waals surface area contributed by atoms with Gasteiger partial charge in [-0.3, -0.25) is 0 Å². The Kier molecular flexibility index (Phi) is 19.7. The van der Waals surface area contributed by atoms with Gasteiger partial charge in [-0.1, -0.05) is 0 Å². The number of ether oxygens (including phenoxy) is 4. The van der Waals surface area contributed by atoms with E-state index in [4.69, 9.17) is 49.6 Å². The molecule has 5 unspecified atom stereocenters. The monoisotopic (exact) mass is 692 g/mol. The molecular formula is C24H29NaO22. The van der Waals surface area contributed by atoms with Crippen LogP contribution in [-0.4, -0.2) is 180 Å². The van der Waals surface area contributed by atoms with Gasteiger partial charge in [0.25, 0.3) is 0 Å². The summed E-state index contributed by atoms with van der Waals surface area (Å²) < 4.78 is 19.4. The van der Waals surface area contributed by atoms with Crippen molar-refractivity contribution in [1.82, 2.24) is 0 Å². The van der Waals surface area contributed by atoms with Crippen molar-refractivity contribution in [3.63, 3.8) is 0 Å². The molecule has 0 saturated carbocycles. The van der Waals surface area contributed by atoms with E-state index in [9.17, 15) is 49.2 Å². The van der Waals surface area contributed by atoms with Gasteiger partial charge in [0.2, 0.25) is 11.5 Å². The van der Waals surface area contributed by atoms with E-state index in [1.54, 1.807) is 0 Å². The molecule has 23 heteroatoms. The minimum absolute atomic E-state index is 0. The number of aliphatic hydroxyl groups excluding tert-OH is 10. The number of benzene rings is 1. The Balaban J connectivity index is 0.0000212. The summed E-state index contributed by atoms with van der Waals surface area (Å²) in [6.45, 7) is -6.19. The number of hydrogen-bond acceptors (Lipinski definition) is 22. The molecule has 1 aromatic carbocycles. The van der Waals surface area contributed by atoms with Crippen LogP contribution in [0, 0.1) is 0 Å². The Hall–Kier alpha value is -3.62. The standard InChI is InChI=1S/C24H28O22.Na.H/c25-4-10(30)20(36)41-15-3-9(1-2-16(35)45-46-24(40)14(34)8-29)17(42-21(37)11(31)5-26)19(44-23(39)13(33)7-28)18(15)43-22(38)12(32)6-27;;/h1-3,10-14,25-34H,4-8H2;;. The molecule has 258 valence electrons. The summed E-state index contributed by atoms with van der Waals surface area (Å²) in [5.74, 6) is -15.1. The van der Waals surface area contributed by atoms with Gasteiger partial charge >= 0.3 is 65.4 Å². The maximum atomic E-state index is 12.4. The zero-order valence-electron chi connectivity index (χ0n) is 23.0. The Labute approximate surface area is 283 Å². The first-order valence-electron chi connectivity index (χ1n) is 12.3. The van der Waals surface area contributed by atoms with E-state index >= 15 is 0 Å². The topological polar surface area (TPSA) is 360 Å². The number of rotatable bonds is 16. The second-order valence-corrected chi connectivity index (χ2v) is 8.27. The number of carbonyl (C=O) groups excluding carboxylic acids is 6. The van der Waals surface area contributed by atoms with Crippen LogP contribution in [0.1, 0.15) is 5.56 Å². The van der Waals surface area contributed by atoms with Crippen molar-refractivity contribution < 1.29 is 109 Å². The van der Waals surface area contributed by atoms with Crippen LogP contribution >= 0.6 is 0 Å². The maximum absolute atomic E-state index is 12.4. The molecule has 0 aliphatic heterocycles. The van der Waals surface area contributed by atoms with Gasteiger partial charge < -0.3 is 70.0 Å². The second kappa shape index (κ2) is 21.3. The Morgan fingerprint density at radius 2 is 0.894 bits per heavy atom. The Bertz CT molecular complexity index is 1300. The molecule has 0 heterocycles. The van der Waals surface area contributed by atoms with Gasteiger partial charge in [-0.25, -0.2) is 38.5 Å².